The first-order chi connectivity index (χ1) is 19.8. The third kappa shape index (κ3) is 6.69. The van der Waals surface area contributed by atoms with Crippen LogP contribution in [0.4, 0.5) is 11.4 Å². The number of anilines is 2. The first-order valence-electron chi connectivity index (χ1n) is 15.4. The molecule has 41 heavy (non-hydrogen) atoms. The van der Waals surface area contributed by atoms with Crippen molar-refractivity contribution in [2.75, 3.05) is 89.2 Å². The molecule has 2 atom stereocenters. The van der Waals surface area contributed by atoms with Gasteiger partial charge in [0.05, 0.1) is 52.7 Å². The minimum Gasteiger partial charge on any atom is -0.371 e. The van der Waals surface area contributed by atoms with Crippen molar-refractivity contribution in [1.82, 2.24) is 19.8 Å². The third-order valence-corrected chi connectivity index (χ3v) is 9.95. The number of hydrogen-bond acceptors (Lipinski definition) is 9. The van der Waals surface area contributed by atoms with Crippen LogP contribution in [0.1, 0.15) is 50.4 Å². The van der Waals surface area contributed by atoms with E-state index in [1.54, 1.807) is 11.8 Å². The van der Waals surface area contributed by atoms with Crippen LogP contribution in [0.2, 0.25) is 0 Å². The first-order valence-corrected chi connectivity index (χ1v) is 16.6. The van der Waals surface area contributed by atoms with Crippen molar-refractivity contribution in [3.8, 4) is 0 Å². The number of likely N-dealkylation sites (N-methyl/N-ethyl adjacent to an activating group) is 1. The van der Waals surface area contributed by atoms with Crippen molar-refractivity contribution >= 4 is 23.1 Å². The van der Waals surface area contributed by atoms with E-state index < -0.39 is 0 Å². The maximum atomic E-state index is 6.62. The average Bonchev–Trinajstić information content (AvgIpc) is 3.70. The molecular weight excluding hydrogens is 532 g/mol. The number of ether oxygens (including phenoxy) is 2. The van der Waals surface area contributed by atoms with Gasteiger partial charge in [-0.25, -0.2) is 4.98 Å². The largest absolute Gasteiger partial charge is 0.371 e. The highest BCUT2D eigenvalue weighted by Gasteiger charge is 2.48. The van der Waals surface area contributed by atoms with Gasteiger partial charge in [-0.05, 0) is 75.7 Å². The van der Waals surface area contributed by atoms with Crippen LogP contribution < -0.4 is 9.80 Å². The van der Waals surface area contributed by atoms with Crippen LogP contribution in [0.25, 0.3) is 0 Å². The zero-order valence-electron chi connectivity index (χ0n) is 25.6. The van der Waals surface area contributed by atoms with Crippen molar-refractivity contribution in [3.05, 3.63) is 41.9 Å². The van der Waals surface area contributed by atoms with Gasteiger partial charge in [0.25, 0.3) is 0 Å². The summed E-state index contributed by atoms with van der Waals surface area (Å²) >= 11 is 1.72. The summed E-state index contributed by atoms with van der Waals surface area (Å²) in [6.45, 7) is 13.7. The standard InChI is InChI=1S/C32H48N6O2S/c1-24(2)27-7-6-26(17-33-27)38-19-25(16-32(23-38)21-35(3)12-14-40-32)18-36(4)20-28-29(8-9-30(34-28)41-5)37-13-15-39-31(22-37)10-11-31/h6-9,17,24-25H,10-16,18-23H2,1-5H3/t25?,32-/m0/s1. The minimum atomic E-state index is -0.151. The highest BCUT2D eigenvalue weighted by Crippen LogP contribution is 2.43. The Morgan fingerprint density at radius 2 is 1.80 bits per heavy atom. The Kier molecular flexibility index (Phi) is 8.54. The van der Waals surface area contributed by atoms with E-state index in [1.165, 1.54) is 29.9 Å². The van der Waals surface area contributed by atoms with Crippen molar-refractivity contribution < 1.29 is 9.47 Å². The molecule has 6 rings (SSSR count). The van der Waals surface area contributed by atoms with Gasteiger partial charge in [-0.1, -0.05) is 13.8 Å². The molecule has 0 radical (unpaired) electrons. The van der Waals surface area contributed by atoms with Crippen LogP contribution >= 0.6 is 11.8 Å². The summed E-state index contributed by atoms with van der Waals surface area (Å²) in [7, 11) is 4.49. The fourth-order valence-electron chi connectivity index (χ4n) is 7.12. The van der Waals surface area contributed by atoms with Gasteiger partial charge in [0.15, 0.2) is 0 Å². The molecule has 0 aromatic carbocycles. The number of aromatic nitrogens is 2. The molecule has 0 bridgehead atoms. The molecule has 4 fully saturated rings. The molecule has 1 aliphatic carbocycles. The van der Waals surface area contributed by atoms with Crippen molar-refractivity contribution in [3.63, 3.8) is 0 Å². The predicted molar refractivity (Wildman–Crippen MR) is 167 cm³/mol. The van der Waals surface area contributed by atoms with E-state index in [2.05, 4.69) is 84.3 Å². The molecule has 3 saturated heterocycles. The first kappa shape index (κ1) is 29.2. The molecule has 2 spiro atoms. The van der Waals surface area contributed by atoms with E-state index in [1.807, 2.05) is 0 Å². The van der Waals surface area contributed by atoms with Gasteiger partial charge in [0.1, 0.15) is 0 Å². The van der Waals surface area contributed by atoms with Crippen molar-refractivity contribution in [2.24, 2.45) is 5.92 Å². The fourth-order valence-corrected chi connectivity index (χ4v) is 7.53. The lowest BCUT2D eigenvalue weighted by Gasteiger charge is -2.51. The van der Waals surface area contributed by atoms with Crippen LogP contribution in [0.15, 0.2) is 35.5 Å². The monoisotopic (exact) mass is 580 g/mol. The second-order valence-electron chi connectivity index (χ2n) is 13.3. The van der Waals surface area contributed by atoms with Crippen LogP contribution in [0, 0.1) is 5.92 Å². The number of thioether (sulfide) groups is 1. The van der Waals surface area contributed by atoms with Crippen LogP contribution in [-0.2, 0) is 16.0 Å². The SMILES string of the molecule is CSc1ccc(N2CCOC3(CC3)C2)c(CN(C)CC2CN(c3ccc(C(C)C)nc3)C[C@]3(C2)CN(C)CCO3)n1. The van der Waals surface area contributed by atoms with E-state index in [9.17, 15) is 0 Å². The van der Waals surface area contributed by atoms with Gasteiger partial charge >= 0.3 is 0 Å². The molecule has 0 amide bonds. The Balaban J connectivity index is 1.19. The molecular formula is C32H48N6O2S. The molecule has 224 valence electrons. The Bertz CT molecular complexity index is 1190. The lowest BCUT2D eigenvalue weighted by molar-refractivity contribution is -0.118. The number of pyridine rings is 2. The lowest BCUT2D eigenvalue weighted by Crippen LogP contribution is -2.62. The highest BCUT2D eigenvalue weighted by molar-refractivity contribution is 7.98. The smallest absolute Gasteiger partial charge is 0.0986 e. The molecule has 0 N–H and O–H groups in total. The van der Waals surface area contributed by atoms with E-state index in [0.717, 1.165) is 82.7 Å². The molecule has 3 aliphatic heterocycles. The maximum absolute atomic E-state index is 6.62. The topological polar surface area (TPSA) is 57.2 Å². The average molecular weight is 581 g/mol. The molecule has 5 heterocycles. The molecule has 2 aromatic heterocycles. The maximum Gasteiger partial charge on any atom is 0.0986 e. The third-order valence-electron chi connectivity index (χ3n) is 9.31. The summed E-state index contributed by atoms with van der Waals surface area (Å²) in [5.74, 6) is 0.916. The number of hydrogen-bond donors (Lipinski definition) is 0. The number of nitrogens with zero attached hydrogens (tertiary/aromatic N) is 6. The van der Waals surface area contributed by atoms with E-state index in [-0.39, 0.29) is 11.2 Å². The van der Waals surface area contributed by atoms with Crippen LogP contribution in [-0.4, -0.2) is 110 Å². The normalized spacial score (nSPS) is 26.5. The number of morpholine rings is 2. The van der Waals surface area contributed by atoms with Gasteiger partial charge in [0.2, 0.25) is 0 Å². The Hall–Kier alpha value is -1.91. The number of rotatable bonds is 8. The Labute approximate surface area is 250 Å². The van der Waals surface area contributed by atoms with Crippen molar-refractivity contribution in [1.29, 1.82) is 0 Å². The molecule has 8 nitrogen and oxygen atoms in total. The zero-order valence-corrected chi connectivity index (χ0v) is 26.5. The number of piperidine rings is 1. The predicted octanol–water partition coefficient (Wildman–Crippen LogP) is 4.35. The molecule has 2 aromatic rings. The summed E-state index contributed by atoms with van der Waals surface area (Å²) in [6.07, 6.45) is 7.63. The van der Waals surface area contributed by atoms with E-state index in [4.69, 9.17) is 19.4 Å². The van der Waals surface area contributed by atoms with Gasteiger partial charge in [0, 0.05) is 58.1 Å². The summed E-state index contributed by atoms with van der Waals surface area (Å²) in [6, 6.07) is 8.92. The van der Waals surface area contributed by atoms with Crippen LogP contribution in [0.5, 0.6) is 0 Å². The summed E-state index contributed by atoms with van der Waals surface area (Å²) in [5, 5.41) is 1.09. The quantitative estimate of drug-likeness (QED) is 0.424. The van der Waals surface area contributed by atoms with Crippen LogP contribution in [0.3, 0.4) is 0 Å². The Morgan fingerprint density at radius 1 is 1.02 bits per heavy atom. The lowest BCUT2D eigenvalue weighted by atomic mass is 9.83. The molecule has 1 saturated carbocycles. The molecule has 9 heteroatoms. The van der Waals surface area contributed by atoms with Gasteiger partial charge < -0.3 is 29.1 Å². The molecule has 4 aliphatic rings. The Morgan fingerprint density at radius 3 is 2.51 bits per heavy atom. The highest BCUT2D eigenvalue weighted by atomic mass is 32.2. The van der Waals surface area contributed by atoms with Gasteiger partial charge in [-0.3, -0.25) is 4.98 Å². The summed E-state index contributed by atoms with van der Waals surface area (Å²) in [4.78, 5) is 19.9. The minimum absolute atomic E-state index is 0.0921. The second-order valence-corrected chi connectivity index (χ2v) is 14.1. The van der Waals surface area contributed by atoms with Gasteiger partial charge in [-0.2, -0.15) is 0 Å². The fraction of sp³-hybridized carbons (Fsp3) is 0.688. The second kappa shape index (κ2) is 12.0. The van der Waals surface area contributed by atoms with E-state index in [0.29, 0.717) is 11.8 Å². The molecule has 1 unspecified atom stereocenters. The summed E-state index contributed by atoms with van der Waals surface area (Å²) < 4.78 is 12.7. The van der Waals surface area contributed by atoms with E-state index >= 15 is 0 Å². The summed E-state index contributed by atoms with van der Waals surface area (Å²) in [5.41, 5.74) is 4.75. The van der Waals surface area contributed by atoms with Gasteiger partial charge in [-0.15, -0.1) is 11.8 Å². The zero-order chi connectivity index (χ0) is 28.6. The van der Waals surface area contributed by atoms with Crippen molar-refractivity contribution in [2.45, 2.75) is 61.8 Å².